The Balaban J connectivity index is 1.73. The molecule has 146 valence electrons. The Kier molecular flexibility index (Phi) is 5.61. The van der Waals surface area contributed by atoms with Gasteiger partial charge in [-0.3, -0.25) is 4.79 Å². The Morgan fingerprint density at radius 3 is 2.52 bits per heavy atom. The first-order chi connectivity index (χ1) is 12.8. The first-order valence-corrected chi connectivity index (χ1v) is 10.1. The average Bonchev–Trinajstić information content (AvgIpc) is 3.13. The third-order valence-corrected chi connectivity index (χ3v) is 6.26. The van der Waals surface area contributed by atoms with Crippen molar-refractivity contribution in [1.29, 1.82) is 0 Å². The van der Waals surface area contributed by atoms with E-state index in [1.807, 2.05) is 0 Å². The second kappa shape index (κ2) is 7.77. The van der Waals surface area contributed by atoms with Crippen molar-refractivity contribution < 1.29 is 26.4 Å². The maximum Gasteiger partial charge on any atom is 0.287 e. The standard InChI is InChI=1S/C18H20F2N2O4S/c1-12(14-6-5-13(19)11-15(14)20)21-18(23)16-7-8-17(26-16)27(24,25)22-9-3-2-4-10-22/h5-8,11-12H,2-4,9-10H2,1H3,(H,21,23). The zero-order valence-electron chi connectivity index (χ0n) is 14.7. The van der Waals surface area contributed by atoms with Gasteiger partial charge in [-0.05, 0) is 38.0 Å². The number of piperidine rings is 1. The van der Waals surface area contributed by atoms with Crippen LogP contribution in [0.15, 0.2) is 39.8 Å². The number of rotatable bonds is 5. The molecule has 2 aromatic rings. The highest BCUT2D eigenvalue weighted by atomic mass is 32.2. The summed E-state index contributed by atoms with van der Waals surface area (Å²) in [6, 6.07) is 4.81. The van der Waals surface area contributed by atoms with Crippen LogP contribution in [0.1, 0.15) is 48.3 Å². The van der Waals surface area contributed by atoms with Crippen LogP contribution in [0.5, 0.6) is 0 Å². The largest absolute Gasteiger partial charge is 0.438 e. The van der Waals surface area contributed by atoms with Crippen molar-refractivity contribution in [3.63, 3.8) is 0 Å². The number of carbonyl (C=O) groups is 1. The molecule has 0 spiro atoms. The van der Waals surface area contributed by atoms with E-state index in [2.05, 4.69) is 5.32 Å². The van der Waals surface area contributed by atoms with E-state index in [4.69, 9.17) is 4.42 Å². The van der Waals surface area contributed by atoms with Crippen molar-refractivity contribution in [2.24, 2.45) is 0 Å². The molecule has 0 bridgehead atoms. The minimum absolute atomic E-state index is 0.109. The van der Waals surface area contributed by atoms with E-state index in [-0.39, 0.29) is 16.4 Å². The summed E-state index contributed by atoms with van der Waals surface area (Å²) in [7, 11) is -3.78. The maximum absolute atomic E-state index is 13.8. The quantitative estimate of drug-likeness (QED) is 0.839. The summed E-state index contributed by atoms with van der Waals surface area (Å²) >= 11 is 0. The SMILES string of the molecule is CC(NC(=O)c1ccc(S(=O)(=O)N2CCCCC2)o1)c1ccc(F)cc1F. The molecule has 0 aliphatic carbocycles. The molecule has 1 amide bonds. The predicted molar refractivity (Wildman–Crippen MR) is 93.6 cm³/mol. The molecule has 1 aliphatic heterocycles. The Bertz CT molecular complexity index is 937. The molecule has 0 radical (unpaired) electrons. The van der Waals surface area contributed by atoms with Gasteiger partial charge >= 0.3 is 0 Å². The fraction of sp³-hybridized carbons (Fsp3) is 0.389. The Morgan fingerprint density at radius 2 is 1.85 bits per heavy atom. The van der Waals surface area contributed by atoms with Gasteiger partial charge in [-0.1, -0.05) is 12.5 Å². The van der Waals surface area contributed by atoms with E-state index in [9.17, 15) is 22.0 Å². The summed E-state index contributed by atoms with van der Waals surface area (Å²) in [4.78, 5) is 12.3. The second-order valence-electron chi connectivity index (χ2n) is 6.44. The molecule has 3 rings (SSSR count). The fourth-order valence-corrected chi connectivity index (χ4v) is 4.44. The highest BCUT2D eigenvalue weighted by Crippen LogP contribution is 2.23. The summed E-state index contributed by atoms with van der Waals surface area (Å²) in [5.74, 6) is -2.38. The number of furan rings is 1. The van der Waals surface area contributed by atoms with Gasteiger partial charge in [0.1, 0.15) is 11.6 Å². The van der Waals surface area contributed by atoms with Crippen molar-refractivity contribution in [3.05, 3.63) is 53.3 Å². The lowest BCUT2D eigenvalue weighted by Gasteiger charge is -2.24. The molecular formula is C18H20F2N2O4S. The number of nitrogens with zero attached hydrogens (tertiary/aromatic N) is 1. The van der Waals surface area contributed by atoms with Gasteiger partial charge in [0.2, 0.25) is 5.09 Å². The van der Waals surface area contributed by atoms with Crippen molar-refractivity contribution in [1.82, 2.24) is 9.62 Å². The first kappa shape index (κ1) is 19.5. The number of nitrogens with one attached hydrogen (secondary N) is 1. The number of halogens is 2. The lowest BCUT2D eigenvalue weighted by molar-refractivity contribution is 0.0905. The third-order valence-electron chi connectivity index (χ3n) is 4.49. The van der Waals surface area contributed by atoms with Crippen LogP contribution < -0.4 is 5.32 Å². The zero-order chi connectivity index (χ0) is 19.6. The van der Waals surface area contributed by atoms with Gasteiger partial charge < -0.3 is 9.73 Å². The van der Waals surface area contributed by atoms with Gasteiger partial charge in [-0.25, -0.2) is 17.2 Å². The van der Waals surface area contributed by atoms with Gasteiger partial charge in [0.05, 0.1) is 6.04 Å². The molecule has 1 aromatic carbocycles. The number of sulfonamides is 1. The van der Waals surface area contributed by atoms with E-state index in [0.29, 0.717) is 13.1 Å². The van der Waals surface area contributed by atoms with Crippen molar-refractivity contribution in [2.45, 2.75) is 37.3 Å². The molecule has 1 aliphatic rings. The minimum atomic E-state index is -3.78. The van der Waals surface area contributed by atoms with Crippen molar-refractivity contribution in [3.8, 4) is 0 Å². The molecule has 6 nitrogen and oxygen atoms in total. The highest BCUT2D eigenvalue weighted by molar-refractivity contribution is 7.89. The van der Waals surface area contributed by atoms with Crippen LogP contribution in [-0.4, -0.2) is 31.7 Å². The first-order valence-electron chi connectivity index (χ1n) is 8.65. The van der Waals surface area contributed by atoms with E-state index in [1.54, 1.807) is 0 Å². The summed E-state index contributed by atoms with van der Waals surface area (Å²) in [6.45, 7) is 2.37. The van der Waals surface area contributed by atoms with Crippen LogP contribution in [0.3, 0.4) is 0 Å². The topological polar surface area (TPSA) is 79.6 Å². The van der Waals surface area contributed by atoms with E-state index >= 15 is 0 Å². The Labute approximate surface area is 156 Å². The molecule has 1 atom stereocenters. The molecule has 1 unspecified atom stereocenters. The van der Waals surface area contributed by atoms with Gasteiger partial charge in [0.25, 0.3) is 15.9 Å². The van der Waals surface area contributed by atoms with Crippen LogP contribution in [0.25, 0.3) is 0 Å². The molecule has 27 heavy (non-hydrogen) atoms. The van der Waals surface area contributed by atoms with E-state index in [1.165, 1.54) is 29.4 Å². The Morgan fingerprint density at radius 1 is 1.15 bits per heavy atom. The normalized spacial score (nSPS) is 16.9. The lowest BCUT2D eigenvalue weighted by atomic mass is 10.1. The van der Waals surface area contributed by atoms with Gasteiger partial charge in [-0.15, -0.1) is 0 Å². The van der Waals surface area contributed by atoms with Crippen molar-refractivity contribution in [2.75, 3.05) is 13.1 Å². The van der Waals surface area contributed by atoms with Crippen LogP contribution in [0, 0.1) is 11.6 Å². The third kappa shape index (κ3) is 4.19. The fourth-order valence-electron chi connectivity index (χ4n) is 3.01. The molecule has 1 aromatic heterocycles. The predicted octanol–water partition coefficient (Wildman–Crippen LogP) is 3.22. The summed E-state index contributed by atoms with van der Waals surface area (Å²) in [6.07, 6.45) is 2.55. The summed E-state index contributed by atoms with van der Waals surface area (Å²) < 4.78 is 58.5. The molecule has 1 fully saturated rings. The second-order valence-corrected chi connectivity index (χ2v) is 8.31. The smallest absolute Gasteiger partial charge is 0.287 e. The number of amides is 1. The van der Waals surface area contributed by atoms with E-state index in [0.717, 1.165) is 31.4 Å². The van der Waals surface area contributed by atoms with Gasteiger partial charge in [0.15, 0.2) is 5.76 Å². The van der Waals surface area contributed by atoms with Crippen molar-refractivity contribution >= 4 is 15.9 Å². The maximum atomic E-state index is 13.8. The number of carbonyl (C=O) groups excluding carboxylic acids is 1. The minimum Gasteiger partial charge on any atom is -0.438 e. The summed E-state index contributed by atoms with van der Waals surface area (Å²) in [5, 5.41) is 2.22. The average molecular weight is 398 g/mol. The molecule has 1 saturated heterocycles. The summed E-state index contributed by atoms with van der Waals surface area (Å²) in [5.41, 5.74) is 0.109. The number of benzene rings is 1. The Hall–Kier alpha value is -2.26. The molecular weight excluding hydrogens is 378 g/mol. The van der Waals surface area contributed by atoms with E-state index < -0.39 is 33.6 Å². The molecule has 2 heterocycles. The monoisotopic (exact) mass is 398 g/mol. The molecule has 9 heteroatoms. The number of hydrogen-bond acceptors (Lipinski definition) is 4. The zero-order valence-corrected chi connectivity index (χ0v) is 15.6. The van der Waals surface area contributed by atoms with Crippen LogP contribution >= 0.6 is 0 Å². The number of hydrogen-bond donors (Lipinski definition) is 1. The van der Waals surface area contributed by atoms with Gasteiger partial charge in [0, 0.05) is 24.7 Å². The molecule has 1 N–H and O–H groups in total. The lowest BCUT2D eigenvalue weighted by Crippen LogP contribution is -2.35. The van der Waals surface area contributed by atoms with Crippen LogP contribution in [0.4, 0.5) is 8.78 Å². The van der Waals surface area contributed by atoms with Crippen LogP contribution in [0.2, 0.25) is 0 Å². The molecule has 0 saturated carbocycles. The highest BCUT2D eigenvalue weighted by Gasteiger charge is 2.30. The van der Waals surface area contributed by atoms with Gasteiger partial charge in [-0.2, -0.15) is 4.31 Å². The van der Waals surface area contributed by atoms with Crippen LogP contribution in [-0.2, 0) is 10.0 Å².